The molecule has 0 saturated carbocycles. The third-order valence-electron chi connectivity index (χ3n) is 13.1. The highest BCUT2D eigenvalue weighted by Gasteiger charge is 2.35. The molecule has 0 aliphatic heterocycles. The topological polar surface area (TPSA) is 35.6 Å². The predicted octanol–water partition coefficient (Wildman–Crippen LogP) is 14.1. The van der Waals surface area contributed by atoms with Gasteiger partial charge in [0.05, 0.1) is 33.3 Å². The van der Waals surface area contributed by atoms with Crippen LogP contribution >= 0.6 is 0 Å². The van der Waals surface area contributed by atoms with Crippen LogP contribution in [0.2, 0.25) is 0 Å². The largest absolute Gasteiger partial charge is 0.309 e. The summed E-state index contributed by atoms with van der Waals surface area (Å²) in [6.45, 7) is 4.67. The van der Waals surface area contributed by atoms with Crippen molar-refractivity contribution in [2.45, 2.75) is 19.3 Å². The van der Waals surface area contributed by atoms with Crippen LogP contribution in [0.3, 0.4) is 0 Å². The minimum atomic E-state index is -0.118. The van der Waals surface area contributed by atoms with Crippen LogP contribution in [0.15, 0.2) is 182 Å². The number of aromatic nitrogens is 4. The molecule has 0 atom stereocenters. The number of benzene rings is 9. The number of hydrogen-bond acceptors (Lipinski definition) is 2. The molecule has 12 aromatic rings. The van der Waals surface area contributed by atoms with Crippen molar-refractivity contribution in [2.75, 3.05) is 0 Å². The first-order valence-electron chi connectivity index (χ1n) is 20.4. The van der Waals surface area contributed by atoms with Gasteiger partial charge in [0.25, 0.3) is 0 Å². The fourth-order valence-electron chi connectivity index (χ4n) is 10.4. The molecule has 0 radical (unpaired) electrons. The SMILES string of the molecule is CC1(C)c2ccccc2-c2ccc(-c3nc(-n4c5ccccc5c5c6cc(-n7c8ccccc8c8c9ccccc9ccc87)ccc6ccc54)nc4ccccc34)cc21. The Labute approximate surface area is 340 Å². The van der Waals surface area contributed by atoms with E-state index in [1.54, 1.807) is 0 Å². The zero-order valence-corrected chi connectivity index (χ0v) is 32.6. The lowest BCUT2D eigenvalue weighted by atomic mass is 9.82. The Kier molecular flexibility index (Phi) is 6.48. The number of hydrogen-bond donors (Lipinski definition) is 0. The van der Waals surface area contributed by atoms with E-state index in [1.807, 2.05) is 0 Å². The van der Waals surface area contributed by atoms with Gasteiger partial charge >= 0.3 is 0 Å². The predicted molar refractivity (Wildman–Crippen MR) is 246 cm³/mol. The molecule has 4 nitrogen and oxygen atoms in total. The summed E-state index contributed by atoms with van der Waals surface area (Å²) in [6, 6.07) is 66.3. The van der Waals surface area contributed by atoms with Gasteiger partial charge in [-0.15, -0.1) is 0 Å². The summed E-state index contributed by atoms with van der Waals surface area (Å²) in [5, 5.41) is 10.9. The van der Waals surface area contributed by atoms with E-state index in [9.17, 15) is 0 Å². The molecule has 0 bridgehead atoms. The van der Waals surface area contributed by atoms with Crippen LogP contribution < -0.4 is 0 Å². The van der Waals surface area contributed by atoms with Crippen LogP contribution in [0, 0.1) is 0 Å². The fraction of sp³-hybridized carbons (Fsp3) is 0.0545. The normalized spacial score (nSPS) is 13.4. The number of rotatable bonds is 3. The third-order valence-corrected chi connectivity index (χ3v) is 13.1. The van der Waals surface area contributed by atoms with E-state index in [0.717, 1.165) is 38.9 Å². The van der Waals surface area contributed by atoms with Crippen molar-refractivity contribution in [3.05, 3.63) is 193 Å². The van der Waals surface area contributed by atoms with Gasteiger partial charge in [-0.05, 0) is 92.3 Å². The second kappa shape index (κ2) is 11.7. The summed E-state index contributed by atoms with van der Waals surface area (Å²) in [5.41, 5.74) is 13.8. The molecule has 3 heterocycles. The molecule has 276 valence electrons. The Hall–Kier alpha value is -7.56. The Balaban J connectivity index is 1.06. The molecule has 0 unspecified atom stereocenters. The van der Waals surface area contributed by atoms with E-state index in [4.69, 9.17) is 9.97 Å². The molecule has 1 aliphatic rings. The molecule has 59 heavy (non-hydrogen) atoms. The summed E-state index contributed by atoms with van der Waals surface area (Å²) in [7, 11) is 0. The highest BCUT2D eigenvalue weighted by molar-refractivity contribution is 6.23. The molecule has 1 aliphatic carbocycles. The van der Waals surface area contributed by atoms with Crippen LogP contribution in [0.1, 0.15) is 25.0 Å². The van der Waals surface area contributed by atoms with Crippen molar-refractivity contribution in [3.8, 4) is 34.0 Å². The first kappa shape index (κ1) is 32.5. The van der Waals surface area contributed by atoms with Gasteiger partial charge in [0.2, 0.25) is 5.95 Å². The van der Waals surface area contributed by atoms with Gasteiger partial charge in [0, 0.05) is 43.6 Å². The molecular weight excluding hydrogens is 717 g/mol. The Morgan fingerprint density at radius 2 is 1.00 bits per heavy atom. The lowest BCUT2D eigenvalue weighted by Crippen LogP contribution is -2.15. The minimum absolute atomic E-state index is 0.118. The maximum absolute atomic E-state index is 5.52. The van der Waals surface area contributed by atoms with E-state index < -0.39 is 0 Å². The van der Waals surface area contributed by atoms with Crippen LogP contribution in [0.4, 0.5) is 0 Å². The molecule has 13 rings (SSSR count). The average molecular weight is 753 g/mol. The van der Waals surface area contributed by atoms with Gasteiger partial charge in [-0.1, -0.05) is 147 Å². The number of para-hydroxylation sites is 3. The lowest BCUT2D eigenvalue weighted by molar-refractivity contribution is 0.660. The van der Waals surface area contributed by atoms with E-state index in [-0.39, 0.29) is 5.41 Å². The fourth-order valence-corrected chi connectivity index (χ4v) is 10.4. The summed E-state index contributed by atoms with van der Waals surface area (Å²) in [5.74, 6) is 0.665. The molecular formula is C55H36N4. The summed E-state index contributed by atoms with van der Waals surface area (Å²) < 4.78 is 4.70. The second-order valence-electron chi connectivity index (χ2n) is 16.6. The molecule has 0 saturated heterocycles. The maximum atomic E-state index is 5.52. The summed E-state index contributed by atoms with van der Waals surface area (Å²) >= 11 is 0. The molecule has 9 aromatic carbocycles. The summed E-state index contributed by atoms with van der Waals surface area (Å²) in [4.78, 5) is 10.8. The van der Waals surface area contributed by atoms with Crippen molar-refractivity contribution >= 4 is 76.1 Å². The second-order valence-corrected chi connectivity index (χ2v) is 16.6. The summed E-state index contributed by atoms with van der Waals surface area (Å²) in [6.07, 6.45) is 0. The van der Waals surface area contributed by atoms with E-state index >= 15 is 0 Å². The van der Waals surface area contributed by atoms with Gasteiger partial charge in [0.15, 0.2) is 0 Å². The van der Waals surface area contributed by atoms with E-state index in [2.05, 4.69) is 205 Å². The van der Waals surface area contributed by atoms with Crippen molar-refractivity contribution in [1.82, 2.24) is 19.1 Å². The molecule has 0 fully saturated rings. The minimum Gasteiger partial charge on any atom is -0.309 e. The first-order chi connectivity index (χ1) is 29.0. The molecule has 0 amide bonds. The lowest BCUT2D eigenvalue weighted by Gasteiger charge is -2.22. The van der Waals surface area contributed by atoms with Crippen LogP contribution in [0.5, 0.6) is 0 Å². The maximum Gasteiger partial charge on any atom is 0.235 e. The van der Waals surface area contributed by atoms with Gasteiger partial charge in [0.1, 0.15) is 0 Å². The van der Waals surface area contributed by atoms with Crippen LogP contribution in [-0.4, -0.2) is 19.1 Å². The first-order valence-corrected chi connectivity index (χ1v) is 20.4. The van der Waals surface area contributed by atoms with Crippen molar-refractivity contribution in [1.29, 1.82) is 0 Å². The van der Waals surface area contributed by atoms with Crippen molar-refractivity contribution in [3.63, 3.8) is 0 Å². The highest BCUT2D eigenvalue weighted by Crippen LogP contribution is 2.50. The Bertz CT molecular complexity index is 3770. The quantitative estimate of drug-likeness (QED) is 0.180. The van der Waals surface area contributed by atoms with E-state index in [1.165, 1.54) is 76.4 Å². The van der Waals surface area contributed by atoms with Crippen LogP contribution in [-0.2, 0) is 5.41 Å². The standard InChI is InChI=1S/C55H36N4/c1-55(2)44-19-9-5-15-38(44)39-28-24-35(31-45(39)55)53-40-16-6-10-20-46(40)56-54(57-53)59-48-22-12-8-18-42(48)52-43-32-36(27-23-34(43)26-30-50(52)59)58-47-21-11-7-17-41(47)51-37-14-4-3-13-33(37)25-29-49(51)58/h3-32H,1-2H3. The molecule has 3 aromatic heterocycles. The Morgan fingerprint density at radius 3 is 1.81 bits per heavy atom. The van der Waals surface area contributed by atoms with Gasteiger partial charge < -0.3 is 4.57 Å². The zero-order valence-electron chi connectivity index (χ0n) is 32.6. The Morgan fingerprint density at radius 1 is 0.407 bits per heavy atom. The van der Waals surface area contributed by atoms with Gasteiger partial charge in [-0.2, -0.15) is 0 Å². The number of fused-ring (bicyclic) bond motifs is 14. The van der Waals surface area contributed by atoms with Gasteiger partial charge in [-0.25, -0.2) is 9.97 Å². The third kappa shape index (κ3) is 4.43. The average Bonchev–Trinajstić information content (AvgIpc) is 3.89. The monoisotopic (exact) mass is 752 g/mol. The molecule has 0 spiro atoms. The number of nitrogens with zero attached hydrogens (tertiary/aromatic N) is 4. The van der Waals surface area contributed by atoms with Crippen LogP contribution in [0.25, 0.3) is 110 Å². The van der Waals surface area contributed by atoms with Crippen molar-refractivity contribution < 1.29 is 0 Å². The molecule has 0 N–H and O–H groups in total. The zero-order chi connectivity index (χ0) is 39.0. The smallest absolute Gasteiger partial charge is 0.235 e. The van der Waals surface area contributed by atoms with Gasteiger partial charge in [-0.3, -0.25) is 4.57 Å². The van der Waals surface area contributed by atoms with E-state index in [0.29, 0.717) is 5.95 Å². The molecule has 4 heteroatoms. The van der Waals surface area contributed by atoms with Crippen molar-refractivity contribution in [2.24, 2.45) is 0 Å². The highest BCUT2D eigenvalue weighted by atomic mass is 15.2.